The molecule has 2 aromatic rings. The van der Waals surface area contributed by atoms with Gasteiger partial charge in [-0.25, -0.2) is 0 Å². The minimum atomic E-state index is -0.746. The molecule has 8 heteroatoms. The van der Waals surface area contributed by atoms with E-state index >= 15 is 0 Å². The monoisotopic (exact) mass is 465 g/mol. The van der Waals surface area contributed by atoms with E-state index in [-0.39, 0.29) is 18.4 Å². The molecular formula is C26H33N4O4. The quantitative estimate of drug-likeness (QED) is 0.378. The molecule has 0 saturated carbocycles. The lowest BCUT2D eigenvalue weighted by atomic mass is 10.0. The van der Waals surface area contributed by atoms with Crippen molar-refractivity contribution in [2.45, 2.75) is 44.9 Å². The zero-order valence-electron chi connectivity index (χ0n) is 19.5. The Morgan fingerprint density at radius 1 is 1.12 bits per heavy atom. The second kappa shape index (κ2) is 12.7. The number of nitrogens with one attached hydrogen (secondary N) is 3. The van der Waals surface area contributed by atoms with Crippen LogP contribution in [0.2, 0.25) is 0 Å². The third kappa shape index (κ3) is 8.19. The van der Waals surface area contributed by atoms with Crippen LogP contribution in [0.5, 0.6) is 5.75 Å². The van der Waals surface area contributed by atoms with Crippen LogP contribution in [0.15, 0.2) is 54.6 Å². The van der Waals surface area contributed by atoms with Crippen LogP contribution in [-0.4, -0.2) is 42.9 Å². The Hall–Kier alpha value is -3.39. The summed E-state index contributed by atoms with van der Waals surface area (Å²) in [5.41, 5.74) is 7.23. The van der Waals surface area contributed by atoms with E-state index in [1.165, 1.54) is 6.42 Å². The molecule has 1 aliphatic heterocycles. The average Bonchev–Trinajstić information content (AvgIpc) is 3.35. The Morgan fingerprint density at radius 2 is 1.85 bits per heavy atom. The Kier molecular flexibility index (Phi) is 9.46. The maximum absolute atomic E-state index is 12.9. The summed E-state index contributed by atoms with van der Waals surface area (Å²) in [7, 11) is 0. The summed E-state index contributed by atoms with van der Waals surface area (Å²) in [5.74, 6) is -0.834. The highest BCUT2D eigenvalue weighted by molar-refractivity contribution is 5.92. The maximum atomic E-state index is 12.9. The molecule has 0 aliphatic carbocycles. The zero-order valence-corrected chi connectivity index (χ0v) is 19.5. The largest absolute Gasteiger partial charge is 0.489 e. The number of hydrogen-bond acceptors (Lipinski definition) is 5. The third-order valence-corrected chi connectivity index (χ3v) is 5.79. The number of primary amides is 1. The van der Waals surface area contributed by atoms with Crippen molar-refractivity contribution in [3.8, 4) is 5.75 Å². The second-order valence-corrected chi connectivity index (χ2v) is 8.63. The summed E-state index contributed by atoms with van der Waals surface area (Å²) >= 11 is 0. The highest BCUT2D eigenvalue weighted by Gasteiger charge is 2.25. The first-order valence-electron chi connectivity index (χ1n) is 11.6. The highest BCUT2D eigenvalue weighted by atomic mass is 16.5. The molecule has 3 amide bonds. The fourth-order valence-electron chi connectivity index (χ4n) is 3.62. The van der Waals surface area contributed by atoms with Gasteiger partial charge >= 0.3 is 0 Å². The van der Waals surface area contributed by atoms with E-state index in [0.717, 1.165) is 29.8 Å². The molecule has 1 saturated heterocycles. The minimum Gasteiger partial charge on any atom is -0.489 e. The summed E-state index contributed by atoms with van der Waals surface area (Å²) in [6, 6.07) is 16.7. The van der Waals surface area contributed by atoms with Gasteiger partial charge in [0, 0.05) is 24.9 Å². The van der Waals surface area contributed by atoms with Gasteiger partial charge in [-0.2, -0.15) is 0 Å². The van der Waals surface area contributed by atoms with Crippen molar-refractivity contribution in [3.05, 3.63) is 72.1 Å². The molecule has 1 aliphatic rings. The molecule has 34 heavy (non-hydrogen) atoms. The Balaban J connectivity index is 1.59. The molecule has 1 radical (unpaired) electrons. The van der Waals surface area contributed by atoms with Crippen molar-refractivity contribution in [1.29, 1.82) is 0 Å². The van der Waals surface area contributed by atoms with Crippen LogP contribution in [0.1, 0.15) is 30.9 Å². The van der Waals surface area contributed by atoms with Gasteiger partial charge < -0.3 is 26.4 Å². The molecule has 3 unspecified atom stereocenters. The summed E-state index contributed by atoms with van der Waals surface area (Å²) in [4.78, 5) is 36.6. The van der Waals surface area contributed by atoms with E-state index in [0.29, 0.717) is 19.6 Å². The van der Waals surface area contributed by atoms with Crippen molar-refractivity contribution in [1.82, 2.24) is 16.0 Å². The Morgan fingerprint density at radius 3 is 2.50 bits per heavy atom. The lowest BCUT2D eigenvalue weighted by Gasteiger charge is -2.21. The predicted molar refractivity (Wildman–Crippen MR) is 130 cm³/mol. The first-order valence-corrected chi connectivity index (χ1v) is 11.6. The fourth-order valence-corrected chi connectivity index (χ4v) is 3.62. The smallest absolute Gasteiger partial charge is 0.243 e. The number of carbonyl (C=O) groups excluding carboxylic acids is 3. The molecule has 0 spiro atoms. The number of benzene rings is 2. The van der Waals surface area contributed by atoms with Crippen LogP contribution in [-0.2, 0) is 27.4 Å². The van der Waals surface area contributed by atoms with Gasteiger partial charge in [0.05, 0.1) is 6.42 Å². The lowest BCUT2D eigenvalue weighted by molar-refractivity contribution is -0.128. The standard InChI is InChI=1S/C26H33N4O4/c1-18(25(27)32)7-12-24(31)30-23(26(33)29-21-13-14-28-16-21)15-19-8-10-22(11-9-19)34-17-20-5-3-2-4-6-20/h2-6,8-12,18,21,23,28H,7,13-17H2,1H3,(H2,27,32)(H,29,33)(H,30,31). The topological polar surface area (TPSA) is 123 Å². The number of nitrogens with two attached hydrogens (primary N) is 1. The van der Waals surface area contributed by atoms with Crippen molar-refractivity contribution < 1.29 is 19.1 Å². The molecule has 8 nitrogen and oxygen atoms in total. The van der Waals surface area contributed by atoms with Crippen molar-refractivity contribution in [3.63, 3.8) is 0 Å². The molecule has 0 bridgehead atoms. The van der Waals surface area contributed by atoms with Crippen molar-refractivity contribution >= 4 is 17.7 Å². The van der Waals surface area contributed by atoms with E-state index in [9.17, 15) is 14.4 Å². The summed E-state index contributed by atoms with van der Waals surface area (Å²) in [5, 5.41) is 9.01. The number of ether oxygens (including phenoxy) is 1. The van der Waals surface area contributed by atoms with E-state index < -0.39 is 23.8 Å². The summed E-state index contributed by atoms with van der Waals surface area (Å²) in [6.07, 6.45) is 2.76. The fraction of sp³-hybridized carbons (Fsp3) is 0.385. The van der Waals surface area contributed by atoms with Gasteiger partial charge in [-0.3, -0.25) is 14.4 Å². The van der Waals surface area contributed by atoms with Gasteiger partial charge in [-0.15, -0.1) is 0 Å². The molecule has 2 aromatic carbocycles. The number of carbonyl (C=O) groups is 3. The van der Waals surface area contributed by atoms with Crippen molar-refractivity contribution in [2.75, 3.05) is 13.1 Å². The summed E-state index contributed by atoms with van der Waals surface area (Å²) < 4.78 is 5.83. The van der Waals surface area contributed by atoms with Gasteiger partial charge in [-0.1, -0.05) is 49.4 Å². The van der Waals surface area contributed by atoms with Crippen LogP contribution >= 0.6 is 0 Å². The molecule has 1 heterocycles. The third-order valence-electron chi connectivity index (χ3n) is 5.79. The van der Waals surface area contributed by atoms with Gasteiger partial charge in [-0.05, 0) is 42.6 Å². The maximum Gasteiger partial charge on any atom is 0.243 e. The average molecular weight is 466 g/mol. The van der Waals surface area contributed by atoms with Gasteiger partial charge in [0.15, 0.2) is 0 Å². The van der Waals surface area contributed by atoms with Gasteiger partial charge in [0.2, 0.25) is 17.7 Å². The number of hydrogen-bond donors (Lipinski definition) is 4. The van der Waals surface area contributed by atoms with Gasteiger partial charge in [0.1, 0.15) is 18.4 Å². The van der Waals surface area contributed by atoms with E-state index in [4.69, 9.17) is 10.5 Å². The van der Waals surface area contributed by atoms with Crippen LogP contribution in [0.4, 0.5) is 0 Å². The second-order valence-electron chi connectivity index (χ2n) is 8.63. The SMILES string of the molecule is CC(C[CH]C(=O)NC(Cc1ccc(OCc2ccccc2)cc1)C(=O)NC1CCNC1)C(N)=O. The summed E-state index contributed by atoms with van der Waals surface area (Å²) in [6.45, 7) is 3.69. The van der Waals surface area contributed by atoms with Gasteiger partial charge in [0.25, 0.3) is 0 Å². The number of amides is 3. The van der Waals surface area contributed by atoms with Crippen LogP contribution < -0.4 is 26.4 Å². The molecule has 0 aromatic heterocycles. The molecule has 3 rings (SSSR count). The Bertz CT molecular complexity index is 943. The predicted octanol–water partition coefficient (Wildman–Crippen LogP) is 1.49. The number of rotatable bonds is 12. The highest BCUT2D eigenvalue weighted by Crippen LogP contribution is 2.16. The molecule has 181 valence electrons. The zero-order chi connectivity index (χ0) is 24.3. The van der Waals surface area contributed by atoms with E-state index in [1.54, 1.807) is 6.92 Å². The molecule has 1 fully saturated rings. The first-order chi connectivity index (χ1) is 16.4. The first kappa shape index (κ1) is 25.2. The van der Waals surface area contributed by atoms with Crippen LogP contribution in [0.25, 0.3) is 0 Å². The normalized spacial score (nSPS) is 16.9. The molecule has 3 atom stereocenters. The van der Waals surface area contributed by atoms with Crippen LogP contribution in [0, 0.1) is 12.3 Å². The van der Waals surface area contributed by atoms with Crippen LogP contribution in [0.3, 0.4) is 0 Å². The van der Waals surface area contributed by atoms with E-state index in [2.05, 4.69) is 16.0 Å². The van der Waals surface area contributed by atoms with E-state index in [1.807, 2.05) is 54.6 Å². The molecule has 5 N–H and O–H groups in total. The lowest BCUT2D eigenvalue weighted by Crippen LogP contribution is -2.51. The van der Waals surface area contributed by atoms with Crippen molar-refractivity contribution in [2.24, 2.45) is 11.7 Å². The Labute approximate surface area is 200 Å². The molecular weight excluding hydrogens is 432 g/mol. The minimum absolute atomic E-state index is 0.0412.